The molecule has 0 heterocycles. The van der Waals surface area contributed by atoms with Gasteiger partial charge in [-0.1, -0.05) is 48.5 Å². The molecule has 2 rings (SSSR count). The maximum atomic E-state index is 12.8. The molecular weight excluding hydrogens is 298 g/mol. The number of nitrogen functional groups attached to an aromatic ring is 1. The minimum absolute atomic E-state index is 0.160. The van der Waals surface area contributed by atoms with Gasteiger partial charge in [-0.2, -0.15) is 0 Å². The summed E-state index contributed by atoms with van der Waals surface area (Å²) in [6, 6.07) is 16.4. The van der Waals surface area contributed by atoms with Crippen LogP contribution in [0.25, 0.3) is 0 Å². The molecule has 2 aromatic carbocycles. The van der Waals surface area contributed by atoms with Gasteiger partial charge < -0.3 is 10.6 Å². The van der Waals surface area contributed by atoms with Gasteiger partial charge in [0, 0.05) is 18.7 Å². The van der Waals surface area contributed by atoms with Crippen LogP contribution in [-0.2, 0) is 17.8 Å². The molecule has 0 radical (unpaired) electrons. The molecule has 0 bridgehead atoms. The summed E-state index contributed by atoms with van der Waals surface area (Å²) in [6.07, 6.45) is -1.95. The molecule has 23 heavy (non-hydrogen) atoms. The van der Waals surface area contributed by atoms with Crippen LogP contribution in [0.15, 0.2) is 54.6 Å². The second-order valence-corrected chi connectivity index (χ2v) is 5.35. The van der Waals surface area contributed by atoms with Gasteiger partial charge in [-0.3, -0.25) is 4.79 Å². The summed E-state index contributed by atoms with van der Waals surface area (Å²) >= 11 is 0. The van der Waals surface area contributed by atoms with Gasteiger partial charge in [-0.25, -0.2) is 8.78 Å². The lowest BCUT2D eigenvalue weighted by molar-refractivity contribution is -0.133. The zero-order valence-corrected chi connectivity index (χ0v) is 12.8. The standard InChI is InChI=1S/C18H20F2N2O/c19-17(20)13-22(12-14-6-2-1-3-7-14)18(23)11-10-15-8-4-5-9-16(15)21/h1-9,17H,10-13,21H2. The minimum atomic E-state index is -2.55. The summed E-state index contributed by atoms with van der Waals surface area (Å²) in [5, 5.41) is 0. The fraction of sp³-hybridized carbons (Fsp3) is 0.278. The Morgan fingerprint density at radius 1 is 1.04 bits per heavy atom. The predicted octanol–water partition coefficient (Wildman–Crippen LogP) is 3.50. The zero-order chi connectivity index (χ0) is 16.7. The molecule has 1 amide bonds. The lowest BCUT2D eigenvalue weighted by Crippen LogP contribution is -2.34. The van der Waals surface area contributed by atoms with Crippen molar-refractivity contribution in [2.45, 2.75) is 25.8 Å². The number of benzene rings is 2. The van der Waals surface area contributed by atoms with Crippen LogP contribution in [0.4, 0.5) is 14.5 Å². The van der Waals surface area contributed by atoms with Gasteiger partial charge in [0.1, 0.15) is 0 Å². The lowest BCUT2D eigenvalue weighted by atomic mass is 10.1. The predicted molar refractivity (Wildman–Crippen MR) is 87.0 cm³/mol. The molecule has 0 aliphatic carbocycles. The highest BCUT2D eigenvalue weighted by molar-refractivity contribution is 5.76. The summed E-state index contributed by atoms with van der Waals surface area (Å²) in [5.74, 6) is -0.294. The van der Waals surface area contributed by atoms with Crippen LogP contribution in [0.3, 0.4) is 0 Å². The van der Waals surface area contributed by atoms with Crippen molar-refractivity contribution in [3.8, 4) is 0 Å². The molecule has 0 aliphatic heterocycles. The lowest BCUT2D eigenvalue weighted by Gasteiger charge is -2.22. The maximum Gasteiger partial charge on any atom is 0.255 e. The molecule has 0 spiro atoms. The van der Waals surface area contributed by atoms with Crippen molar-refractivity contribution in [2.24, 2.45) is 0 Å². The van der Waals surface area contributed by atoms with Crippen LogP contribution >= 0.6 is 0 Å². The number of carbonyl (C=O) groups excluding carboxylic acids is 1. The summed E-state index contributed by atoms with van der Waals surface area (Å²) < 4.78 is 25.5. The number of carbonyl (C=O) groups is 1. The number of amides is 1. The van der Waals surface area contributed by atoms with Gasteiger partial charge >= 0.3 is 0 Å². The van der Waals surface area contributed by atoms with E-state index in [4.69, 9.17) is 5.73 Å². The van der Waals surface area contributed by atoms with Crippen molar-refractivity contribution in [2.75, 3.05) is 12.3 Å². The Balaban J connectivity index is 2.00. The molecule has 0 unspecified atom stereocenters. The van der Waals surface area contributed by atoms with E-state index in [1.54, 1.807) is 6.07 Å². The van der Waals surface area contributed by atoms with E-state index in [0.29, 0.717) is 12.1 Å². The first-order valence-electron chi connectivity index (χ1n) is 7.49. The number of aryl methyl sites for hydroxylation is 1. The second-order valence-electron chi connectivity index (χ2n) is 5.35. The number of anilines is 1. The zero-order valence-electron chi connectivity index (χ0n) is 12.8. The topological polar surface area (TPSA) is 46.3 Å². The number of para-hydroxylation sites is 1. The van der Waals surface area contributed by atoms with Crippen molar-refractivity contribution in [1.29, 1.82) is 0 Å². The Labute approximate surface area is 134 Å². The molecule has 0 atom stereocenters. The highest BCUT2D eigenvalue weighted by Gasteiger charge is 2.18. The third-order valence-electron chi connectivity index (χ3n) is 3.59. The Hall–Kier alpha value is -2.43. The molecule has 0 aliphatic rings. The quantitative estimate of drug-likeness (QED) is 0.794. The summed E-state index contributed by atoms with van der Waals surface area (Å²) in [6.45, 7) is -0.369. The third-order valence-corrected chi connectivity index (χ3v) is 3.59. The minimum Gasteiger partial charge on any atom is -0.399 e. The molecule has 0 saturated carbocycles. The van der Waals surface area contributed by atoms with E-state index in [-0.39, 0.29) is 18.9 Å². The molecule has 0 fully saturated rings. The van der Waals surface area contributed by atoms with Crippen LogP contribution < -0.4 is 5.73 Å². The van der Waals surface area contributed by atoms with Crippen LogP contribution in [0.1, 0.15) is 17.5 Å². The number of nitrogens with zero attached hydrogens (tertiary/aromatic N) is 1. The van der Waals surface area contributed by atoms with Crippen LogP contribution in [0.5, 0.6) is 0 Å². The Kier molecular flexibility index (Phi) is 6.09. The van der Waals surface area contributed by atoms with E-state index >= 15 is 0 Å². The van der Waals surface area contributed by atoms with E-state index < -0.39 is 13.0 Å². The highest BCUT2D eigenvalue weighted by Crippen LogP contribution is 2.15. The highest BCUT2D eigenvalue weighted by atomic mass is 19.3. The van der Waals surface area contributed by atoms with Crippen molar-refractivity contribution in [1.82, 2.24) is 4.90 Å². The maximum absolute atomic E-state index is 12.8. The fourth-order valence-electron chi connectivity index (χ4n) is 2.39. The summed E-state index contributed by atoms with van der Waals surface area (Å²) in [5.41, 5.74) is 8.15. The molecule has 0 saturated heterocycles. The van der Waals surface area contributed by atoms with Crippen molar-refractivity contribution in [3.05, 3.63) is 65.7 Å². The molecule has 122 valence electrons. The largest absolute Gasteiger partial charge is 0.399 e. The van der Waals surface area contributed by atoms with Crippen LogP contribution in [0.2, 0.25) is 0 Å². The SMILES string of the molecule is Nc1ccccc1CCC(=O)N(Cc1ccccc1)CC(F)F. The Morgan fingerprint density at radius 2 is 1.70 bits per heavy atom. The van der Waals surface area contributed by atoms with Crippen molar-refractivity contribution >= 4 is 11.6 Å². The first-order valence-corrected chi connectivity index (χ1v) is 7.49. The average Bonchev–Trinajstić information content (AvgIpc) is 2.54. The van der Waals surface area contributed by atoms with E-state index in [2.05, 4.69) is 0 Å². The van der Waals surface area contributed by atoms with Gasteiger partial charge in [-0.15, -0.1) is 0 Å². The van der Waals surface area contributed by atoms with E-state index in [1.807, 2.05) is 48.5 Å². The number of halogens is 2. The number of nitrogens with two attached hydrogens (primary N) is 1. The third kappa shape index (κ3) is 5.36. The molecule has 2 N–H and O–H groups in total. The van der Waals surface area contributed by atoms with E-state index in [0.717, 1.165) is 11.1 Å². The van der Waals surface area contributed by atoms with Crippen LogP contribution in [-0.4, -0.2) is 23.8 Å². The smallest absolute Gasteiger partial charge is 0.255 e. The molecule has 2 aromatic rings. The summed E-state index contributed by atoms with van der Waals surface area (Å²) in [4.78, 5) is 13.5. The van der Waals surface area contributed by atoms with Gasteiger partial charge in [0.15, 0.2) is 0 Å². The van der Waals surface area contributed by atoms with Gasteiger partial charge in [0.2, 0.25) is 5.91 Å². The molecule has 3 nitrogen and oxygen atoms in total. The van der Waals surface area contributed by atoms with Crippen molar-refractivity contribution < 1.29 is 13.6 Å². The number of rotatable bonds is 7. The fourth-order valence-corrected chi connectivity index (χ4v) is 2.39. The Bertz CT molecular complexity index is 632. The molecule has 5 heteroatoms. The number of alkyl halides is 2. The number of hydrogen-bond acceptors (Lipinski definition) is 2. The van der Waals surface area contributed by atoms with Gasteiger partial charge in [0.25, 0.3) is 6.43 Å². The normalized spacial score (nSPS) is 10.7. The van der Waals surface area contributed by atoms with Gasteiger partial charge in [-0.05, 0) is 23.6 Å². The van der Waals surface area contributed by atoms with Crippen LogP contribution in [0, 0.1) is 0 Å². The van der Waals surface area contributed by atoms with Gasteiger partial charge in [0.05, 0.1) is 6.54 Å². The van der Waals surface area contributed by atoms with E-state index in [1.165, 1.54) is 4.90 Å². The van der Waals surface area contributed by atoms with E-state index in [9.17, 15) is 13.6 Å². The summed E-state index contributed by atoms with van der Waals surface area (Å²) in [7, 11) is 0. The molecule has 0 aromatic heterocycles. The molecular formula is C18H20F2N2O. The average molecular weight is 318 g/mol. The monoisotopic (exact) mass is 318 g/mol. The first-order chi connectivity index (χ1) is 11.1. The van der Waals surface area contributed by atoms with Crippen molar-refractivity contribution in [3.63, 3.8) is 0 Å². The number of hydrogen-bond donors (Lipinski definition) is 1. The Morgan fingerprint density at radius 3 is 2.35 bits per heavy atom. The second kappa shape index (κ2) is 8.27. The first kappa shape index (κ1) is 16.9.